The maximum atomic E-state index is 14.9. The average molecular weight is 745 g/mol. The molecule has 4 atom stereocenters. The summed E-state index contributed by atoms with van der Waals surface area (Å²) in [6, 6.07) is 17.8. The van der Waals surface area contributed by atoms with E-state index in [1.165, 1.54) is 11.8 Å². The molecule has 54 heavy (non-hydrogen) atoms. The van der Waals surface area contributed by atoms with E-state index < -0.39 is 77.9 Å². The maximum Gasteiger partial charge on any atom is 0.253 e. The van der Waals surface area contributed by atoms with E-state index in [0.717, 1.165) is 24.3 Å². The molecule has 0 heterocycles. The molecular weight excluding hydrogens is 700 g/mol. The van der Waals surface area contributed by atoms with Crippen LogP contribution in [0.15, 0.2) is 97.1 Å². The molecule has 0 aliphatic carbocycles. The van der Waals surface area contributed by atoms with Gasteiger partial charge < -0.3 is 0 Å². The standard InChI is InChI=1S/C43H44F4N2O5/c1-5-7-18-37(50)40(31-14-10-8-11-15-31)48(41(42(53)27(3)6-2)32-16-12-9-13-17-32)28(4)43(54)49(38(51)23-29-19-33(44)25-34(45)20-29)39(52)24-30-21-35(46)26-36(47)22-30/h8-17,19-22,25-28,40-41H,5-7,18,23-24H2,1-4H3/t27?,28-,40?,41?/m0/s1. The number of hydrogen-bond acceptors (Lipinski definition) is 6. The summed E-state index contributed by atoms with van der Waals surface area (Å²) in [5.74, 6) is -8.69. The molecule has 0 spiro atoms. The molecule has 0 fully saturated rings. The van der Waals surface area contributed by atoms with E-state index in [-0.39, 0.29) is 34.0 Å². The fourth-order valence-corrected chi connectivity index (χ4v) is 6.47. The van der Waals surface area contributed by atoms with E-state index in [4.69, 9.17) is 0 Å². The van der Waals surface area contributed by atoms with E-state index in [2.05, 4.69) is 0 Å². The van der Waals surface area contributed by atoms with E-state index in [9.17, 15) is 41.5 Å². The Kier molecular flexibility index (Phi) is 14.7. The lowest BCUT2D eigenvalue weighted by Crippen LogP contribution is -2.56. The van der Waals surface area contributed by atoms with Crippen LogP contribution in [0.2, 0.25) is 0 Å². The Morgan fingerprint density at radius 2 is 1.04 bits per heavy atom. The van der Waals surface area contributed by atoms with Crippen molar-refractivity contribution in [1.29, 1.82) is 0 Å². The van der Waals surface area contributed by atoms with Crippen molar-refractivity contribution in [3.05, 3.63) is 143 Å². The van der Waals surface area contributed by atoms with Crippen molar-refractivity contribution in [2.45, 2.75) is 84.3 Å². The number of carbonyl (C=O) groups is 5. The molecule has 0 aliphatic heterocycles. The van der Waals surface area contributed by atoms with Crippen molar-refractivity contribution in [3.8, 4) is 0 Å². The number of hydrogen-bond donors (Lipinski definition) is 0. The fraction of sp³-hybridized carbons (Fsp3) is 0.326. The predicted octanol–water partition coefficient (Wildman–Crippen LogP) is 8.46. The number of amides is 3. The van der Waals surface area contributed by atoms with Gasteiger partial charge in [-0.15, -0.1) is 0 Å². The molecule has 0 saturated heterocycles. The highest BCUT2D eigenvalue weighted by Gasteiger charge is 2.45. The minimum atomic E-state index is -1.54. The summed E-state index contributed by atoms with van der Waals surface area (Å²) in [4.78, 5) is 73.6. The van der Waals surface area contributed by atoms with Crippen molar-refractivity contribution >= 4 is 29.3 Å². The van der Waals surface area contributed by atoms with E-state index in [0.29, 0.717) is 42.5 Å². The van der Waals surface area contributed by atoms with Crippen LogP contribution in [0.1, 0.15) is 87.7 Å². The van der Waals surface area contributed by atoms with Crippen LogP contribution in [0.25, 0.3) is 0 Å². The lowest BCUT2D eigenvalue weighted by molar-refractivity contribution is -0.157. The normalized spacial score (nSPS) is 13.5. The van der Waals surface area contributed by atoms with Gasteiger partial charge in [0.2, 0.25) is 11.8 Å². The highest BCUT2D eigenvalue weighted by molar-refractivity contribution is 6.13. The zero-order valence-electron chi connectivity index (χ0n) is 30.7. The molecule has 284 valence electrons. The summed E-state index contributed by atoms with van der Waals surface area (Å²) in [6.07, 6.45) is 0.0859. The predicted molar refractivity (Wildman–Crippen MR) is 196 cm³/mol. The first-order valence-corrected chi connectivity index (χ1v) is 18.0. The molecule has 0 radical (unpaired) electrons. The van der Waals surface area contributed by atoms with Gasteiger partial charge in [0, 0.05) is 24.5 Å². The first kappa shape index (κ1) is 41.5. The molecule has 0 aliphatic rings. The molecule has 3 unspecified atom stereocenters. The Morgan fingerprint density at radius 3 is 1.44 bits per heavy atom. The quantitative estimate of drug-likeness (QED) is 0.101. The SMILES string of the molecule is CCCCC(=O)C(c1ccccc1)N(C(C(=O)C(C)CC)c1ccccc1)[C@@H](C)C(=O)N(C(=O)Cc1cc(F)cc(F)c1)C(=O)Cc1cc(F)cc(F)c1. The maximum absolute atomic E-state index is 14.9. The number of unbranched alkanes of at least 4 members (excludes halogenated alkanes) is 1. The van der Waals surface area contributed by atoms with Crippen LogP contribution in [0.5, 0.6) is 0 Å². The second-order valence-electron chi connectivity index (χ2n) is 13.4. The molecule has 4 aromatic rings. The smallest absolute Gasteiger partial charge is 0.253 e. The van der Waals surface area contributed by atoms with Gasteiger partial charge in [0.1, 0.15) is 23.3 Å². The Hall–Kier alpha value is -5.29. The van der Waals surface area contributed by atoms with Gasteiger partial charge in [-0.1, -0.05) is 87.9 Å². The van der Waals surface area contributed by atoms with E-state index in [1.54, 1.807) is 67.6 Å². The lowest BCUT2D eigenvalue weighted by atomic mass is 9.86. The molecule has 7 nitrogen and oxygen atoms in total. The number of rotatable bonds is 17. The van der Waals surface area contributed by atoms with Crippen LogP contribution >= 0.6 is 0 Å². The summed E-state index contributed by atoms with van der Waals surface area (Å²) < 4.78 is 56.8. The number of ketones is 2. The van der Waals surface area contributed by atoms with Crippen LogP contribution in [0, 0.1) is 29.2 Å². The van der Waals surface area contributed by atoms with Crippen LogP contribution in [-0.4, -0.2) is 45.1 Å². The summed E-state index contributed by atoms with van der Waals surface area (Å²) in [7, 11) is 0. The highest BCUT2D eigenvalue weighted by Crippen LogP contribution is 2.38. The Balaban J connectivity index is 1.94. The number of nitrogens with zero attached hydrogens (tertiary/aromatic N) is 2. The van der Waals surface area contributed by atoms with Gasteiger partial charge >= 0.3 is 0 Å². The largest absolute Gasteiger partial charge is 0.298 e. The Labute approximate surface area is 313 Å². The van der Waals surface area contributed by atoms with Gasteiger partial charge in [-0.2, -0.15) is 0 Å². The van der Waals surface area contributed by atoms with E-state index >= 15 is 0 Å². The van der Waals surface area contributed by atoms with Gasteiger partial charge in [-0.25, -0.2) is 22.5 Å². The van der Waals surface area contributed by atoms with Crippen molar-refractivity contribution in [2.75, 3.05) is 0 Å². The summed E-state index contributed by atoms with van der Waals surface area (Å²) in [5.41, 5.74) is 0.554. The molecule has 4 rings (SSSR count). The minimum Gasteiger partial charge on any atom is -0.298 e. The number of Topliss-reactive ketones (excluding diaryl/α,β-unsaturated/α-hetero) is 2. The second kappa shape index (κ2) is 19.2. The first-order valence-electron chi connectivity index (χ1n) is 18.0. The number of benzene rings is 4. The zero-order chi connectivity index (χ0) is 39.5. The fourth-order valence-electron chi connectivity index (χ4n) is 6.47. The molecule has 0 saturated carbocycles. The monoisotopic (exact) mass is 744 g/mol. The number of halogens is 4. The molecule has 3 amide bonds. The first-order chi connectivity index (χ1) is 25.7. The van der Waals surface area contributed by atoms with Gasteiger partial charge in [0.05, 0.1) is 31.0 Å². The van der Waals surface area contributed by atoms with Crippen molar-refractivity contribution < 1.29 is 41.5 Å². The highest BCUT2D eigenvalue weighted by atomic mass is 19.1. The second-order valence-corrected chi connectivity index (χ2v) is 13.4. The van der Waals surface area contributed by atoms with Gasteiger partial charge in [0.15, 0.2) is 11.6 Å². The van der Waals surface area contributed by atoms with Crippen LogP contribution in [0.4, 0.5) is 17.6 Å². The van der Waals surface area contributed by atoms with Crippen molar-refractivity contribution in [2.24, 2.45) is 5.92 Å². The topological polar surface area (TPSA) is 91.8 Å². The molecule has 0 aromatic heterocycles. The summed E-state index contributed by atoms with van der Waals surface area (Å²) in [5, 5.41) is 0. The van der Waals surface area contributed by atoms with Gasteiger partial charge in [0.25, 0.3) is 5.91 Å². The molecule has 0 N–H and O–H groups in total. The molecule has 11 heteroatoms. The van der Waals surface area contributed by atoms with Crippen LogP contribution < -0.4 is 0 Å². The van der Waals surface area contributed by atoms with Gasteiger partial charge in [-0.05, 0) is 66.3 Å². The van der Waals surface area contributed by atoms with Crippen LogP contribution in [0.3, 0.4) is 0 Å². The third-order valence-electron chi connectivity index (χ3n) is 9.36. The Bertz CT molecular complexity index is 1850. The van der Waals surface area contributed by atoms with Crippen LogP contribution in [-0.2, 0) is 36.8 Å². The van der Waals surface area contributed by atoms with Crippen molar-refractivity contribution in [3.63, 3.8) is 0 Å². The van der Waals surface area contributed by atoms with Gasteiger partial charge in [-0.3, -0.25) is 28.9 Å². The number of carbonyl (C=O) groups excluding carboxylic acids is 5. The molecule has 0 bridgehead atoms. The Morgan fingerprint density at radius 1 is 0.611 bits per heavy atom. The third-order valence-corrected chi connectivity index (χ3v) is 9.36. The minimum absolute atomic E-state index is 0.0876. The van der Waals surface area contributed by atoms with E-state index in [1.807, 2.05) is 13.8 Å². The summed E-state index contributed by atoms with van der Waals surface area (Å²) >= 11 is 0. The third kappa shape index (κ3) is 10.4. The number of imide groups is 3. The molecular formula is C43H44F4N2O5. The average Bonchev–Trinajstić information content (AvgIpc) is 3.12. The molecule has 4 aromatic carbocycles. The zero-order valence-corrected chi connectivity index (χ0v) is 30.7. The van der Waals surface area contributed by atoms with Crippen molar-refractivity contribution in [1.82, 2.24) is 9.80 Å². The summed E-state index contributed by atoms with van der Waals surface area (Å²) in [6.45, 7) is 6.85. The lowest BCUT2D eigenvalue weighted by Gasteiger charge is -2.42.